The molecule has 2 aromatic carbocycles. The number of halogens is 1. The lowest BCUT2D eigenvalue weighted by molar-refractivity contribution is -0.116. The van der Waals surface area contributed by atoms with Crippen LogP contribution in [0, 0.1) is 6.92 Å². The molecule has 0 radical (unpaired) electrons. The Kier molecular flexibility index (Phi) is 5.78. The molecule has 0 saturated heterocycles. The molecule has 2 aromatic rings. The second-order valence-electron chi connectivity index (χ2n) is 6.14. The van der Waals surface area contributed by atoms with Crippen LogP contribution in [0.4, 0.5) is 5.69 Å². The molecule has 1 aliphatic heterocycles. The molecule has 1 heterocycles. The second-order valence-corrected chi connectivity index (χ2v) is 6.58. The predicted molar refractivity (Wildman–Crippen MR) is 100 cm³/mol. The summed E-state index contributed by atoms with van der Waals surface area (Å²) in [6, 6.07) is 10.5. The molecule has 0 spiro atoms. The highest BCUT2D eigenvalue weighted by atomic mass is 35.5. The summed E-state index contributed by atoms with van der Waals surface area (Å²) in [5.41, 5.74) is 2.21. The summed E-state index contributed by atoms with van der Waals surface area (Å²) >= 11 is 5.91. The van der Waals surface area contributed by atoms with Crippen molar-refractivity contribution in [2.24, 2.45) is 0 Å². The number of rotatable bonds is 6. The van der Waals surface area contributed by atoms with Crippen LogP contribution in [0.25, 0.3) is 0 Å². The molecule has 0 fully saturated rings. The number of nitrogens with one attached hydrogen (secondary N) is 1. The maximum absolute atomic E-state index is 12.3. The first-order valence-electron chi connectivity index (χ1n) is 8.52. The summed E-state index contributed by atoms with van der Waals surface area (Å²) in [7, 11) is 0. The van der Waals surface area contributed by atoms with Gasteiger partial charge in [0, 0.05) is 29.1 Å². The second kappa shape index (κ2) is 8.23. The molecule has 1 N–H and O–H groups in total. The van der Waals surface area contributed by atoms with Crippen molar-refractivity contribution in [2.75, 3.05) is 18.5 Å². The third kappa shape index (κ3) is 4.55. The third-order valence-electron chi connectivity index (χ3n) is 4.13. The van der Waals surface area contributed by atoms with Crippen molar-refractivity contribution in [2.45, 2.75) is 26.2 Å². The van der Waals surface area contributed by atoms with E-state index in [4.69, 9.17) is 21.1 Å². The maximum Gasteiger partial charge on any atom is 0.224 e. The van der Waals surface area contributed by atoms with Crippen LogP contribution in [0.5, 0.6) is 11.5 Å². The lowest BCUT2D eigenvalue weighted by atomic mass is 10.0. The van der Waals surface area contributed by atoms with Gasteiger partial charge >= 0.3 is 0 Å². The summed E-state index contributed by atoms with van der Waals surface area (Å²) < 4.78 is 10.9. The number of ether oxygens (including phenoxy) is 2. The van der Waals surface area contributed by atoms with Crippen molar-refractivity contribution in [3.63, 3.8) is 0 Å². The van der Waals surface area contributed by atoms with Gasteiger partial charge in [0.25, 0.3) is 0 Å². The first kappa shape index (κ1) is 18.3. The molecular formula is C20H20ClNO4. The van der Waals surface area contributed by atoms with Crippen LogP contribution in [0.3, 0.4) is 0 Å². The number of hydrogen-bond donors (Lipinski definition) is 1. The molecule has 0 saturated carbocycles. The van der Waals surface area contributed by atoms with E-state index in [1.54, 1.807) is 36.4 Å². The predicted octanol–water partition coefficient (Wildman–Crippen LogP) is 4.41. The van der Waals surface area contributed by atoms with Gasteiger partial charge in [-0.05, 0) is 55.3 Å². The van der Waals surface area contributed by atoms with Gasteiger partial charge in [0.05, 0.1) is 0 Å². The molecule has 0 atom stereocenters. The minimum absolute atomic E-state index is 0.0163. The van der Waals surface area contributed by atoms with Gasteiger partial charge < -0.3 is 14.8 Å². The van der Waals surface area contributed by atoms with Gasteiger partial charge in [-0.2, -0.15) is 0 Å². The quantitative estimate of drug-likeness (QED) is 0.761. The molecule has 0 bridgehead atoms. The van der Waals surface area contributed by atoms with Crippen LogP contribution in [-0.2, 0) is 4.79 Å². The zero-order chi connectivity index (χ0) is 18.5. The molecule has 0 aliphatic carbocycles. The summed E-state index contributed by atoms with van der Waals surface area (Å²) in [6.45, 7) is 2.88. The van der Waals surface area contributed by atoms with Crippen LogP contribution in [-0.4, -0.2) is 24.9 Å². The Balaban J connectivity index is 1.49. The van der Waals surface area contributed by atoms with Gasteiger partial charge in [-0.3, -0.25) is 9.59 Å². The number of ketones is 1. The average molecular weight is 374 g/mol. The van der Waals surface area contributed by atoms with Gasteiger partial charge in [0.2, 0.25) is 5.91 Å². The maximum atomic E-state index is 12.3. The van der Waals surface area contributed by atoms with Crippen molar-refractivity contribution in [1.82, 2.24) is 0 Å². The highest BCUT2D eigenvalue weighted by Crippen LogP contribution is 2.31. The van der Waals surface area contributed by atoms with E-state index in [9.17, 15) is 9.59 Å². The first-order chi connectivity index (χ1) is 12.5. The Morgan fingerprint density at radius 2 is 1.81 bits per heavy atom. The lowest BCUT2D eigenvalue weighted by Gasteiger charge is -2.18. The monoisotopic (exact) mass is 373 g/mol. The van der Waals surface area contributed by atoms with E-state index in [1.807, 2.05) is 6.92 Å². The number of carbonyl (C=O) groups excluding carboxylic acids is 2. The summed E-state index contributed by atoms with van der Waals surface area (Å²) in [4.78, 5) is 24.4. The van der Waals surface area contributed by atoms with Gasteiger partial charge in [-0.15, -0.1) is 0 Å². The van der Waals surface area contributed by atoms with Crippen LogP contribution in [0.15, 0.2) is 36.4 Å². The first-order valence-corrected chi connectivity index (χ1v) is 8.89. The van der Waals surface area contributed by atoms with E-state index in [2.05, 4.69) is 5.32 Å². The van der Waals surface area contributed by atoms with E-state index in [1.165, 1.54) is 0 Å². The Morgan fingerprint density at radius 1 is 1.04 bits per heavy atom. The van der Waals surface area contributed by atoms with Gasteiger partial charge in [0.1, 0.15) is 13.2 Å². The number of fused-ring (bicyclic) bond motifs is 1. The van der Waals surface area contributed by atoms with E-state index in [0.29, 0.717) is 48.1 Å². The number of aryl methyl sites for hydroxylation is 1. The van der Waals surface area contributed by atoms with Crippen LogP contribution < -0.4 is 14.8 Å². The van der Waals surface area contributed by atoms with E-state index >= 15 is 0 Å². The Hall–Kier alpha value is -2.53. The van der Waals surface area contributed by atoms with Crippen molar-refractivity contribution < 1.29 is 19.1 Å². The average Bonchev–Trinajstić information content (AvgIpc) is 2.63. The van der Waals surface area contributed by atoms with Crippen LogP contribution >= 0.6 is 11.6 Å². The molecule has 3 rings (SSSR count). The molecule has 1 aliphatic rings. The zero-order valence-electron chi connectivity index (χ0n) is 14.5. The summed E-state index contributed by atoms with van der Waals surface area (Å²) in [5, 5.41) is 3.48. The standard InChI is InChI=1S/C20H20ClNO4/c1-13-11-15(21)6-7-16(13)22-20(24)4-2-3-17(23)14-5-8-18-19(12-14)26-10-9-25-18/h5-8,11-12H,2-4,9-10H2,1H3,(H,22,24). The number of hydrogen-bond acceptors (Lipinski definition) is 4. The van der Waals surface area contributed by atoms with Gasteiger partial charge in [0.15, 0.2) is 17.3 Å². The fourth-order valence-electron chi connectivity index (χ4n) is 2.75. The topological polar surface area (TPSA) is 64.6 Å². The highest BCUT2D eigenvalue weighted by molar-refractivity contribution is 6.30. The number of anilines is 1. The Morgan fingerprint density at radius 3 is 2.58 bits per heavy atom. The van der Waals surface area contributed by atoms with Crippen molar-refractivity contribution in [3.8, 4) is 11.5 Å². The molecular weight excluding hydrogens is 354 g/mol. The number of carbonyl (C=O) groups is 2. The van der Waals surface area contributed by atoms with Gasteiger partial charge in [-0.1, -0.05) is 11.6 Å². The molecule has 1 amide bonds. The Labute approximate surface area is 157 Å². The van der Waals surface area contributed by atoms with Gasteiger partial charge in [-0.25, -0.2) is 0 Å². The smallest absolute Gasteiger partial charge is 0.224 e. The normalized spacial score (nSPS) is 12.5. The summed E-state index contributed by atoms with van der Waals surface area (Å²) in [5.74, 6) is 1.12. The van der Waals surface area contributed by atoms with Crippen molar-refractivity contribution >= 4 is 29.0 Å². The fraction of sp³-hybridized carbons (Fsp3) is 0.300. The molecule has 136 valence electrons. The minimum atomic E-state index is -0.120. The Bertz CT molecular complexity index is 835. The van der Waals surface area contributed by atoms with Crippen molar-refractivity contribution in [1.29, 1.82) is 0 Å². The number of Topliss-reactive ketones (excluding diaryl/α,β-unsaturated/α-hetero) is 1. The molecule has 26 heavy (non-hydrogen) atoms. The minimum Gasteiger partial charge on any atom is -0.486 e. The van der Waals surface area contributed by atoms with Crippen molar-refractivity contribution in [3.05, 3.63) is 52.5 Å². The number of amides is 1. The highest BCUT2D eigenvalue weighted by Gasteiger charge is 2.15. The molecule has 0 aromatic heterocycles. The molecule has 6 heteroatoms. The fourth-order valence-corrected chi connectivity index (χ4v) is 2.98. The third-order valence-corrected chi connectivity index (χ3v) is 4.37. The van der Waals surface area contributed by atoms with E-state index < -0.39 is 0 Å². The van der Waals surface area contributed by atoms with E-state index in [0.717, 1.165) is 11.3 Å². The molecule has 0 unspecified atom stereocenters. The SMILES string of the molecule is Cc1cc(Cl)ccc1NC(=O)CCCC(=O)c1ccc2c(c1)OCCO2. The van der Waals surface area contributed by atoms with Crippen LogP contribution in [0.2, 0.25) is 5.02 Å². The van der Waals surface area contributed by atoms with E-state index in [-0.39, 0.29) is 18.1 Å². The summed E-state index contributed by atoms with van der Waals surface area (Å²) in [6.07, 6.45) is 1.05. The zero-order valence-corrected chi connectivity index (χ0v) is 15.3. The van der Waals surface area contributed by atoms with Crippen LogP contribution in [0.1, 0.15) is 35.2 Å². The lowest BCUT2D eigenvalue weighted by Crippen LogP contribution is -2.16. The number of benzene rings is 2. The largest absolute Gasteiger partial charge is 0.486 e. The molecule has 5 nitrogen and oxygen atoms in total.